The van der Waals surface area contributed by atoms with Crippen LogP contribution < -0.4 is 10.1 Å². The molecule has 2 rings (SSSR count). The molecule has 2 aromatic rings. The molecule has 0 amide bonds. The Bertz CT molecular complexity index is 580. The SMILES string of the molecule is CCNC(c1ccc(Br)cn1)c1c(OC)cnn1C(C)C. The molecular formula is C15H21BrN4O. The number of ether oxygens (including phenoxy) is 1. The number of halogens is 1. The molecule has 0 saturated heterocycles. The number of methoxy groups -OCH3 is 1. The number of rotatable bonds is 6. The summed E-state index contributed by atoms with van der Waals surface area (Å²) in [5, 5.41) is 7.92. The zero-order chi connectivity index (χ0) is 15.4. The fraction of sp³-hybridized carbons (Fsp3) is 0.467. The van der Waals surface area contributed by atoms with Crippen LogP contribution in [0.25, 0.3) is 0 Å². The van der Waals surface area contributed by atoms with Gasteiger partial charge in [0.2, 0.25) is 0 Å². The predicted molar refractivity (Wildman–Crippen MR) is 86.6 cm³/mol. The quantitative estimate of drug-likeness (QED) is 0.866. The third-order valence-corrected chi connectivity index (χ3v) is 3.70. The Labute approximate surface area is 133 Å². The average molecular weight is 353 g/mol. The van der Waals surface area contributed by atoms with Crippen molar-refractivity contribution in [3.05, 3.63) is 40.4 Å². The molecule has 0 aliphatic carbocycles. The molecule has 21 heavy (non-hydrogen) atoms. The maximum absolute atomic E-state index is 5.49. The van der Waals surface area contributed by atoms with Crippen molar-refractivity contribution in [1.82, 2.24) is 20.1 Å². The largest absolute Gasteiger partial charge is 0.493 e. The third kappa shape index (κ3) is 3.44. The second-order valence-corrected chi connectivity index (χ2v) is 5.94. The fourth-order valence-corrected chi connectivity index (χ4v) is 2.54. The van der Waals surface area contributed by atoms with E-state index in [-0.39, 0.29) is 12.1 Å². The molecule has 114 valence electrons. The van der Waals surface area contributed by atoms with Crippen LogP contribution in [0.3, 0.4) is 0 Å². The number of aromatic nitrogens is 3. The van der Waals surface area contributed by atoms with E-state index in [4.69, 9.17) is 4.74 Å². The molecule has 6 heteroatoms. The van der Waals surface area contributed by atoms with E-state index in [1.807, 2.05) is 23.0 Å². The Morgan fingerprint density at radius 2 is 2.10 bits per heavy atom. The first-order chi connectivity index (χ1) is 10.1. The lowest BCUT2D eigenvalue weighted by Crippen LogP contribution is -2.26. The van der Waals surface area contributed by atoms with Crippen LogP contribution in [-0.4, -0.2) is 28.4 Å². The minimum Gasteiger partial charge on any atom is -0.493 e. The summed E-state index contributed by atoms with van der Waals surface area (Å²) in [6, 6.07) is 4.20. The summed E-state index contributed by atoms with van der Waals surface area (Å²) >= 11 is 3.42. The molecule has 1 atom stereocenters. The molecule has 0 fully saturated rings. The van der Waals surface area contributed by atoms with Gasteiger partial charge >= 0.3 is 0 Å². The van der Waals surface area contributed by atoms with Gasteiger partial charge in [-0.1, -0.05) is 6.92 Å². The lowest BCUT2D eigenvalue weighted by molar-refractivity contribution is 0.393. The Kier molecular flexibility index (Phi) is 5.36. The van der Waals surface area contributed by atoms with Gasteiger partial charge < -0.3 is 10.1 Å². The first kappa shape index (κ1) is 16.0. The zero-order valence-electron chi connectivity index (χ0n) is 12.8. The van der Waals surface area contributed by atoms with Crippen LogP contribution in [0.15, 0.2) is 29.0 Å². The Morgan fingerprint density at radius 3 is 2.62 bits per heavy atom. The van der Waals surface area contributed by atoms with Gasteiger partial charge in [-0.05, 0) is 48.5 Å². The van der Waals surface area contributed by atoms with Crippen molar-refractivity contribution in [1.29, 1.82) is 0 Å². The summed E-state index contributed by atoms with van der Waals surface area (Å²) in [5.74, 6) is 0.777. The van der Waals surface area contributed by atoms with Gasteiger partial charge in [-0.3, -0.25) is 9.67 Å². The van der Waals surface area contributed by atoms with Crippen LogP contribution in [-0.2, 0) is 0 Å². The maximum atomic E-state index is 5.49. The molecule has 2 heterocycles. The minimum atomic E-state index is -0.0528. The summed E-state index contributed by atoms with van der Waals surface area (Å²) in [4.78, 5) is 4.52. The van der Waals surface area contributed by atoms with Gasteiger partial charge in [0.25, 0.3) is 0 Å². The lowest BCUT2D eigenvalue weighted by Gasteiger charge is -2.22. The smallest absolute Gasteiger partial charge is 0.162 e. The topological polar surface area (TPSA) is 52.0 Å². The van der Waals surface area contributed by atoms with Crippen LogP contribution in [0.5, 0.6) is 5.75 Å². The van der Waals surface area contributed by atoms with Gasteiger partial charge in [-0.15, -0.1) is 0 Å². The number of nitrogens with one attached hydrogen (secondary N) is 1. The van der Waals surface area contributed by atoms with Crippen LogP contribution in [0.4, 0.5) is 0 Å². The summed E-state index contributed by atoms with van der Waals surface area (Å²) in [7, 11) is 1.67. The monoisotopic (exact) mass is 352 g/mol. The van der Waals surface area contributed by atoms with Gasteiger partial charge in [-0.2, -0.15) is 5.10 Å². The molecule has 0 aromatic carbocycles. The molecule has 0 spiro atoms. The van der Waals surface area contributed by atoms with E-state index in [2.05, 4.69) is 52.1 Å². The molecule has 0 aliphatic heterocycles. The highest BCUT2D eigenvalue weighted by atomic mass is 79.9. The molecule has 0 bridgehead atoms. The molecule has 5 nitrogen and oxygen atoms in total. The fourth-order valence-electron chi connectivity index (χ4n) is 2.30. The van der Waals surface area contributed by atoms with Gasteiger partial charge in [-0.25, -0.2) is 0 Å². The van der Waals surface area contributed by atoms with Crippen molar-refractivity contribution >= 4 is 15.9 Å². The van der Waals surface area contributed by atoms with Crippen molar-refractivity contribution in [3.8, 4) is 5.75 Å². The number of pyridine rings is 1. The minimum absolute atomic E-state index is 0.0528. The Morgan fingerprint density at radius 1 is 1.33 bits per heavy atom. The Hall–Kier alpha value is -1.40. The predicted octanol–water partition coefficient (Wildman–Crippen LogP) is 3.33. The maximum Gasteiger partial charge on any atom is 0.162 e. The number of nitrogens with zero attached hydrogens (tertiary/aromatic N) is 3. The molecule has 0 aliphatic rings. The summed E-state index contributed by atoms with van der Waals surface area (Å²) in [5.41, 5.74) is 1.95. The second kappa shape index (κ2) is 7.04. The molecular weight excluding hydrogens is 332 g/mol. The molecule has 0 saturated carbocycles. The van der Waals surface area contributed by atoms with Crippen LogP contribution >= 0.6 is 15.9 Å². The molecule has 1 unspecified atom stereocenters. The van der Waals surface area contributed by atoms with Gasteiger partial charge in [0.1, 0.15) is 5.69 Å². The van der Waals surface area contributed by atoms with E-state index in [0.29, 0.717) is 0 Å². The molecule has 0 radical (unpaired) electrons. The van der Waals surface area contributed by atoms with E-state index in [0.717, 1.165) is 28.2 Å². The first-order valence-electron chi connectivity index (χ1n) is 7.04. The highest BCUT2D eigenvalue weighted by molar-refractivity contribution is 9.10. The average Bonchev–Trinajstić information content (AvgIpc) is 2.89. The van der Waals surface area contributed by atoms with E-state index >= 15 is 0 Å². The van der Waals surface area contributed by atoms with E-state index in [9.17, 15) is 0 Å². The van der Waals surface area contributed by atoms with Gasteiger partial charge in [0, 0.05) is 16.7 Å². The summed E-state index contributed by atoms with van der Waals surface area (Å²) in [6.45, 7) is 7.12. The lowest BCUT2D eigenvalue weighted by atomic mass is 10.1. The highest BCUT2D eigenvalue weighted by Gasteiger charge is 2.25. The molecule has 1 N–H and O–H groups in total. The van der Waals surface area contributed by atoms with Crippen molar-refractivity contribution in [3.63, 3.8) is 0 Å². The van der Waals surface area contributed by atoms with Crippen LogP contribution in [0.2, 0.25) is 0 Å². The van der Waals surface area contributed by atoms with Gasteiger partial charge in [0.15, 0.2) is 5.75 Å². The standard InChI is InChI=1S/C15H21BrN4O/c1-5-17-14(12-7-6-11(16)8-18-12)15-13(21-4)9-19-20(15)10(2)3/h6-10,14,17H,5H2,1-4H3. The normalized spacial score (nSPS) is 12.7. The van der Waals surface area contributed by atoms with Crippen molar-refractivity contribution in [2.75, 3.05) is 13.7 Å². The van der Waals surface area contributed by atoms with E-state index in [1.54, 1.807) is 13.3 Å². The van der Waals surface area contributed by atoms with Crippen LogP contribution in [0, 0.1) is 0 Å². The molecule has 2 aromatic heterocycles. The Balaban J connectivity index is 2.51. The van der Waals surface area contributed by atoms with E-state index in [1.165, 1.54) is 0 Å². The van der Waals surface area contributed by atoms with Crippen molar-refractivity contribution in [2.45, 2.75) is 32.9 Å². The van der Waals surface area contributed by atoms with Crippen molar-refractivity contribution in [2.24, 2.45) is 0 Å². The first-order valence-corrected chi connectivity index (χ1v) is 7.84. The van der Waals surface area contributed by atoms with E-state index < -0.39 is 0 Å². The zero-order valence-corrected chi connectivity index (χ0v) is 14.4. The highest BCUT2D eigenvalue weighted by Crippen LogP contribution is 2.31. The van der Waals surface area contributed by atoms with Crippen molar-refractivity contribution < 1.29 is 4.74 Å². The number of hydrogen-bond acceptors (Lipinski definition) is 4. The van der Waals surface area contributed by atoms with Crippen LogP contribution in [0.1, 0.15) is 44.2 Å². The number of hydrogen-bond donors (Lipinski definition) is 1. The summed E-state index contributed by atoms with van der Waals surface area (Å²) in [6.07, 6.45) is 3.57. The van der Waals surface area contributed by atoms with Gasteiger partial charge in [0.05, 0.1) is 25.0 Å². The second-order valence-electron chi connectivity index (χ2n) is 5.03. The summed E-state index contributed by atoms with van der Waals surface area (Å²) < 4.78 is 8.43. The third-order valence-electron chi connectivity index (χ3n) is 3.24.